The van der Waals surface area contributed by atoms with Crippen molar-refractivity contribution in [2.24, 2.45) is 5.92 Å². The molecular weight excluding hydrogens is 395 g/mol. The lowest BCUT2D eigenvalue weighted by molar-refractivity contribution is -0.274. The zero-order valence-corrected chi connectivity index (χ0v) is 17.9. The largest absolute Gasteiger partial charge is 0.573 e. The molecule has 1 aromatic rings. The normalized spacial score (nSPS) is 26.0. The van der Waals surface area contributed by atoms with Gasteiger partial charge in [-0.05, 0) is 70.7 Å². The number of hydrogen-bond acceptors (Lipinski definition) is 4. The van der Waals surface area contributed by atoms with E-state index in [1.54, 1.807) is 12.1 Å². The number of carbonyl (C=O) groups excluding carboxylic acids is 1. The highest BCUT2D eigenvalue weighted by Crippen LogP contribution is 2.30. The number of benzene rings is 1. The standard InChI is InChI=1S/C22H32F3N3O2/c1-15(2)28-13-12-27(14-16(28)3)21(29)17-4-6-18(7-5-17)26-19-8-10-20(11-9-19)30-22(23,24)25/h8-11,15-18,26H,4-7,12-14H2,1-3H3/t16?,17-,18-. The van der Waals surface area contributed by atoms with Crippen molar-refractivity contribution in [2.75, 3.05) is 25.0 Å². The smallest absolute Gasteiger partial charge is 0.406 e. The number of halogens is 3. The average molecular weight is 428 g/mol. The molecule has 30 heavy (non-hydrogen) atoms. The van der Waals surface area contributed by atoms with Gasteiger partial charge >= 0.3 is 6.36 Å². The van der Waals surface area contributed by atoms with Gasteiger partial charge in [-0.2, -0.15) is 0 Å². The van der Waals surface area contributed by atoms with E-state index in [0.717, 1.165) is 51.0 Å². The third-order valence-electron chi connectivity index (χ3n) is 6.19. The number of anilines is 1. The van der Waals surface area contributed by atoms with E-state index >= 15 is 0 Å². The van der Waals surface area contributed by atoms with Gasteiger partial charge < -0.3 is 15.0 Å². The highest BCUT2D eigenvalue weighted by molar-refractivity contribution is 5.79. The van der Waals surface area contributed by atoms with Crippen LogP contribution in [0.1, 0.15) is 46.5 Å². The number of nitrogens with zero attached hydrogens (tertiary/aromatic N) is 2. The lowest BCUT2D eigenvalue weighted by Crippen LogP contribution is -2.56. The van der Waals surface area contributed by atoms with Gasteiger partial charge in [-0.1, -0.05) is 0 Å². The first-order valence-electron chi connectivity index (χ1n) is 10.8. The van der Waals surface area contributed by atoms with Gasteiger partial charge in [0, 0.05) is 49.4 Å². The van der Waals surface area contributed by atoms with Crippen molar-refractivity contribution >= 4 is 11.6 Å². The summed E-state index contributed by atoms with van der Waals surface area (Å²) < 4.78 is 40.7. The summed E-state index contributed by atoms with van der Waals surface area (Å²) in [6.45, 7) is 9.09. The van der Waals surface area contributed by atoms with E-state index in [9.17, 15) is 18.0 Å². The Morgan fingerprint density at radius 3 is 2.27 bits per heavy atom. The van der Waals surface area contributed by atoms with Crippen molar-refractivity contribution in [3.05, 3.63) is 24.3 Å². The summed E-state index contributed by atoms with van der Waals surface area (Å²) in [5.74, 6) is 0.120. The maximum Gasteiger partial charge on any atom is 0.573 e. The van der Waals surface area contributed by atoms with E-state index in [0.29, 0.717) is 12.1 Å². The molecular formula is C22H32F3N3O2. The van der Waals surface area contributed by atoms with Crippen molar-refractivity contribution < 1.29 is 22.7 Å². The molecule has 1 heterocycles. The summed E-state index contributed by atoms with van der Waals surface area (Å²) in [7, 11) is 0. The molecule has 8 heteroatoms. The van der Waals surface area contributed by atoms with Gasteiger partial charge in [-0.25, -0.2) is 0 Å². The minimum Gasteiger partial charge on any atom is -0.406 e. The number of amides is 1. The molecule has 1 N–H and O–H groups in total. The number of piperazine rings is 1. The van der Waals surface area contributed by atoms with Gasteiger partial charge in [-0.3, -0.25) is 9.69 Å². The van der Waals surface area contributed by atoms with E-state index in [2.05, 4.69) is 35.7 Å². The summed E-state index contributed by atoms with van der Waals surface area (Å²) in [4.78, 5) is 17.4. The number of carbonyl (C=O) groups is 1. The van der Waals surface area contributed by atoms with Crippen LogP contribution in [0, 0.1) is 5.92 Å². The predicted molar refractivity (Wildman–Crippen MR) is 110 cm³/mol. The molecule has 1 saturated heterocycles. The fourth-order valence-electron chi connectivity index (χ4n) is 4.67. The van der Waals surface area contributed by atoms with Gasteiger partial charge in [0.15, 0.2) is 0 Å². The molecule has 5 nitrogen and oxygen atoms in total. The van der Waals surface area contributed by atoms with Crippen LogP contribution in [0.4, 0.5) is 18.9 Å². The summed E-state index contributed by atoms with van der Waals surface area (Å²) in [6, 6.07) is 6.89. The molecule has 168 valence electrons. The molecule has 0 spiro atoms. The third-order valence-corrected chi connectivity index (χ3v) is 6.19. The van der Waals surface area contributed by atoms with Crippen molar-refractivity contribution in [1.82, 2.24) is 9.80 Å². The number of rotatable bonds is 5. The highest BCUT2D eigenvalue weighted by Gasteiger charge is 2.34. The van der Waals surface area contributed by atoms with E-state index in [1.165, 1.54) is 12.1 Å². The second-order valence-electron chi connectivity index (χ2n) is 8.73. The van der Waals surface area contributed by atoms with Crippen molar-refractivity contribution in [1.29, 1.82) is 0 Å². The molecule has 2 fully saturated rings. The minimum atomic E-state index is -4.68. The second-order valence-corrected chi connectivity index (χ2v) is 8.73. The lowest BCUT2D eigenvalue weighted by Gasteiger charge is -2.43. The van der Waals surface area contributed by atoms with Crippen molar-refractivity contribution in [3.8, 4) is 5.75 Å². The molecule has 0 aromatic heterocycles. The molecule has 2 aliphatic rings. The van der Waals surface area contributed by atoms with Crippen LogP contribution in [0.3, 0.4) is 0 Å². The SMILES string of the molecule is CC(C)N1CCN(C(=O)[C@H]2CC[C@H](Nc3ccc(OC(F)(F)F)cc3)CC2)CC1C. The highest BCUT2D eigenvalue weighted by atomic mass is 19.4. The van der Waals surface area contributed by atoms with Crippen LogP contribution in [-0.2, 0) is 4.79 Å². The molecule has 1 aliphatic carbocycles. The summed E-state index contributed by atoms with van der Waals surface area (Å²) in [5.41, 5.74) is 0.762. The molecule has 1 saturated carbocycles. The van der Waals surface area contributed by atoms with Gasteiger partial charge in [0.1, 0.15) is 5.75 Å². The maximum atomic E-state index is 13.0. The van der Waals surface area contributed by atoms with Crippen LogP contribution < -0.4 is 10.1 Å². The van der Waals surface area contributed by atoms with Crippen LogP contribution in [0.25, 0.3) is 0 Å². The van der Waals surface area contributed by atoms with Crippen LogP contribution >= 0.6 is 0 Å². The van der Waals surface area contributed by atoms with Crippen molar-refractivity contribution in [3.63, 3.8) is 0 Å². The van der Waals surface area contributed by atoms with Crippen LogP contribution in [0.2, 0.25) is 0 Å². The number of nitrogens with one attached hydrogen (secondary N) is 1. The second kappa shape index (κ2) is 9.45. The first-order valence-corrected chi connectivity index (χ1v) is 10.8. The molecule has 0 radical (unpaired) electrons. The molecule has 1 aromatic carbocycles. The maximum absolute atomic E-state index is 13.0. The quantitative estimate of drug-likeness (QED) is 0.752. The average Bonchev–Trinajstić information content (AvgIpc) is 2.68. The van der Waals surface area contributed by atoms with Crippen LogP contribution in [-0.4, -0.2) is 59.8 Å². The zero-order chi connectivity index (χ0) is 21.9. The van der Waals surface area contributed by atoms with Gasteiger partial charge in [0.05, 0.1) is 0 Å². The Balaban J connectivity index is 1.45. The van der Waals surface area contributed by atoms with Gasteiger partial charge in [0.2, 0.25) is 5.91 Å². The lowest BCUT2D eigenvalue weighted by atomic mass is 9.84. The minimum absolute atomic E-state index is 0.0726. The Hall–Kier alpha value is -1.96. The fourth-order valence-corrected chi connectivity index (χ4v) is 4.67. The number of ether oxygens (including phenoxy) is 1. The van der Waals surface area contributed by atoms with Gasteiger partial charge in [-0.15, -0.1) is 13.2 Å². The van der Waals surface area contributed by atoms with Crippen molar-refractivity contribution in [2.45, 2.75) is 70.9 Å². The van der Waals surface area contributed by atoms with E-state index in [4.69, 9.17) is 0 Å². The third kappa shape index (κ3) is 6.03. The Labute approximate surface area is 176 Å². The molecule has 3 rings (SSSR count). The Kier molecular flexibility index (Phi) is 7.16. The predicted octanol–water partition coefficient (Wildman–Crippen LogP) is 4.50. The number of alkyl halides is 3. The molecule has 1 atom stereocenters. The zero-order valence-electron chi connectivity index (χ0n) is 17.9. The summed E-state index contributed by atoms with van der Waals surface area (Å²) in [5, 5.41) is 3.37. The topological polar surface area (TPSA) is 44.8 Å². The summed E-state index contributed by atoms with van der Waals surface area (Å²) >= 11 is 0. The van der Waals surface area contributed by atoms with E-state index in [1.807, 2.05) is 4.90 Å². The van der Waals surface area contributed by atoms with Crippen LogP contribution in [0.15, 0.2) is 24.3 Å². The fraction of sp³-hybridized carbons (Fsp3) is 0.682. The van der Waals surface area contributed by atoms with Crippen LogP contribution in [0.5, 0.6) is 5.75 Å². The Morgan fingerprint density at radius 2 is 1.73 bits per heavy atom. The summed E-state index contributed by atoms with van der Waals surface area (Å²) in [6.07, 6.45) is -1.26. The van der Waals surface area contributed by atoms with Gasteiger partial charge in [0.25, 0.3) is 0 Å². The molecule has 0 bridgehead atoms. The first kappa shape index (κ1) is 22.7. The molecule has 1 amide bonds. The monoisotopic (exact) mass is 427 g/mol. The molecule has 1 unspecified atom stereocenters. The van der Waals surface area contributed by atoms with E-state index in [-0.39, 0.29) is 23.6 Å². The first-order chi connectivity index (χ1) is 14.1. The Morgan fingerprint density at radius 1 is 1.10 bits per heavy atom. The van der Waals surface area contributed by atoms with E-state index < -0.39 is 6.36 Å². The Bertz CT molecular complexity index is 701. The molecule has 1 aliphatic heterocycles. The number of hydrogen-bond donors (Lipinski definition) is 1.